The number of hydrogen-bond donors (Lipinski definition) is 2. The Bertz CT molecular complexity index is 6530. The van der Waals surface area contributed by atoms with Gasteiger partial charge in [0, 0.05) is 26.3 Å². The van der Waals surface area contributed by atoms with Gasteiger partial charge in [-0.2, -0.15) is 40.0 Å². The summed E-state index contributed by atoms with van der Waals surface area (Å²) in [5.74, 6) is -16.0. The van der Waals surface area contributed by atoms with Gasteiger partial charge in [0.15, 0.2) is 71.9 Å². The minimum absolute atomic E-state index is 0.0212. The fraction of sp³-hybridized carbons (Fsp3) is 0.402. The van der Waals surface area contributed by atoms with Gasteiger partial charge < -0.3 is 63.4 Å². The smallest absolute Gasteiger partial charge is 0.463 e. The molecule has 4 atom stereocenters. The quantitative estimate of drug-likeness (QED) is 0.0336. The van der Waals surface area contributed by atoms with Crippen LogP contribution in [0.25, 0.3) is 41.5 Å². The molecule has 52 heteroatoms. The number of nitrogens with zero attached hydrogens (tertiary/aromatic N) is 14. The molecule has 8 aromatic rings. The fourth-order valence-electron chi connectivity index (χ4n) is 13.2. The average molecular weight is 2280 g/mol. The molecule has 0 spiro atoms. The molecule has 0 aliphatic carbocycles. The van der Waals surface area contributed by atoms with Gasteiger partial charge in [0.2, 0.25) is 5.88 Å². The topological polar surface area (TPSA) is 381 Å². The van der Waals surface area contributed by atoms with Crippen LogP contribution in [0.5, 0.6) is 5.88 Å². The maximum absolute atomic E-state index is 15.4. The van der Waals surface area contributed by atoms with Crippen molar-refractivity contribution in [2.45, 2.75) is 218 Å². The summed E-state index contributed by atoms with van der Waals surface area (Å²) in [4.78, 5) is 98.0. The van der Waals surface area contributed by atoms with Gasteiger partial charge in [0.1, 0.15) is 96.4 Å². The Kier molecular flexibility index (Phi) is 37.2. The predicted molar refractivity (Wildman–Crippen MR) is 529 cm³/mol. The number of carbonyl (C=O) groups excluding carboxylic acids is 4. The lowest BCUT2D eigenvalue weighted by Gasteiger charge is -2.40. The number of aliphatic imine (C=N–C) groups is 4. The zero-order valence-electron chi connectivity index (χ0n) is 83.1. The molecule has 5 aliphatic heterocycles. The normalized spacial score (nSPS) is 20.7. The summed E-state index contributed by atoms with van der Waals surface area (Å²) in [6.07, 6.45) is 8.20. The van der Waals surface area contributed by atoms with E-state index in [1.165, 1.54) is 82.4 Å². The first kappa shape index (κ1) is 120. The van der Waals surface area contributed by atoms with Crippen molar-refractivity contribution in [3.63, 3.8) is 0 Å². The Morgan fingerprint density at radius 2 is 0.765 bits per heavy atom. The molecule has 4 aromatic heterocycles. The van der Waals surface area contributed by atoms with Crippen molar-refractivity contribution < 1.29 is 141 Å². The molecule has 13 rings (SSSR count). The lowest BCUT2D eigenvalue weighted by molar-refractivity contribution is -0.278. The second-order valence-corrected chi connectivity index (χ2v) is 40.2. The van der Waals surface area contributed by atoms with Crippen molar-refractivity contribution in [1.82, 2.24) is 49.7 Å². The van der Waals surface area contributed by atoms with Crippen LogP contribution >= 0.6 is 57.4 Å². The standard InChI is InChI=1S/C27H38BF3N2O7.C27H29ClF4N4O5.C20H16F4N4O2.C17H13ClF4N4O.C6H3ClFIN2/c1-22(2,3)37-20(34)33(21(35)38-23(4,5)6)19-15-36-27(30,31)26(11,32-19)17-14-16(12-13-18(17)29)28-39-24(7,8)25(9,10)40-28;1-24(2,3)40-22(37)36(23(38)41-25(4,5)6)21-35-26(7,27(31,32)14-39-21)16-10-15(8-9-17(16)29)11-18(30)19-12-34-20(28)13-33-19;1-3-6-29-17-10-26-16(9-27-17)15(22)8-12-4-5-14(21)13(7-12)19(2)20(23,24)11-30-18(25)28-19;1-16(17(21,22)8-27-15(23)26-16)10-4-9(2-3-11(10)19)5-12(20)13-6-25-14(18)7-24-13;7-6-3-10-5(2-11-6)4(8)1-9/h12-14H,15H2,1-11H3;8-13H,14H2,1-7H3;1,4-5,7-10H,6,11H2,2H3,(H2,25,28);2-7H,8H2,1H3,(H2,23,26);1-3H/b;18-11-;15-8-;12-5-;4-1-/t2*26-;19-;16-;/m1111./s1. The van der Waals surface area contributed by atoms with Gasteiger partial charge in [-0.05, 0) is 244 Å². The van der Waals surface area contributed by atoms with E-state index in [0.29, 0.717) is 4.90 Å². The first-order valence-electron chi connectivity index (χ1n) is 44.0. The molecule has 149 heavy (non-hydrogen) atoms. The molecule has 0 bridgehead atoms. The van der Waals surface area contributed by atoms with Gasteiger partial charge in [-0.3, -0.25) is 0 Å². The molecule has 1 fully saturated rings. The van der Waals surface area contributed by atoms with Crippen LogP contribution in [-0.2, 0) is 69.4 Å². The number of benzene rings is 4. The monoisotopic (exact) mass is 2270 g/mol. The summed E-state index contributed by atoms with van der Waals surface area (Å²) in [6.45, 7) is 25.2. The Morgan fingerprint density at radius 1 is 0.443 bits per heavy atom. The van der Waals surface area contributed by atoms with Gasteiger partial charge in [0.25, 0.3) is 12.0 Å². The van der Waals surface area contributed by atoms with Crippen molar-refractivity contribution in [3.8, 4) is 18.2 Å². The summed E-state index contributed by atoms with van der Waals surface area (Å²) in [5, 5.41) is 0.372. The zero-order valence-corrected chi connectivity index (χ0v) is 87.6. The van der Waals surface area contributed by atoms with Gasteiger partial charge in [-0.15, -0.1) is 11.3 Å². The van der Waals surface area contributed by atoms with Crippen LogP contribution in [-0.4, -0.2) is 196 Å². The number of nitrogens with two attached hydrogens (primary N) is 2. The number of carbonyl (C=O) groups is 4. The first-order valence-corrected chi connectivity index (χ1v) is 46.4. The Hall–Kier alpha value is -12.9. The van der Waals surface area contributed by atoms with E-state index in [1.807, 2.05) is 27.7 Å². The molecule has 4 amide bonds. The van der Waals surface area contributed by atoms with Crippen molar-refractivity contribution >= 4 is 160 Å². The van der Waals surface area contributed by atoms with Crippen molar-refractivity contribution in [1.29, 1.82) is 0 Å². The molecule has 31 nitrogen and oxygen atoms in total. The van der Waals surface area contributed by atoms with Crippen molar-refractivity contribution in [3.05, 3.63) is 227 Å². The first-order chi connectivity index (χ1) is 68.6. The largest absolute Gasteiger partial charge is 0.494 e. The number of aromatic nitrogens is 8. The average Bonchev–Trinajstić information content (AvgIpc) is 1.71. The van der Waals surface area contributed by atoms with E-state index in [9.17, 15) is 63.1 Å². The lowest BCUT2D eigenvalue weighted by atomic mass is 9.76. The summed E-state index contributed by atoms with van der Waals surface area (Å²) < 4.78 is 294. The van der Waals surface area contributed by atoms with Crippen LogP contribution in [0.4, 0.5) is 89.4 Å². The third-order valence-corrected chi connectivity index (χ3v) is 22.8. The Labute approximate surface area is 873 Å². The number of rotatable bonds is 14. The summed E-state index contributed by atoms with van der Waals surface area (Å²) in [7, 11) is -0.977. The summed E-state index contributed by atoms with van der Waals surface area (Å²) >= 11 is 18.5. The van der Waals surface area contributed by atoms with E-state index in [4.69, 9.17) is 95.2 Å². The van der Waals surface area contributed by atoms with E-state index in [-0.39, 0.29) is 77.8 Å². The molecule has 800 valence electrons. The van der Waals surface area contributed by atoms with Crippen molar-refractivity contribution in [2.24, 2.45) is 31.4 Å². The molecule has 5 aliphatic rings. The number of terminal acetylenes is 1. The number of alkyl halides is 8. The molecule has 0 unspecified atom stereocenters. The number of ether oxygens (including phenoxy) is 9. The van der Waals surface area contributed by atoms with E-state index in [0.717, 1.165) is 132 Å². The maximum Gasteiger partial charge on any atom is 0.494 e. The third-order valence-electron chi connectivity index (χ3n) is 21.7. The molecule has 1 saturated heterocycles. The lowest BCUT2D eigenvalue weighted by Crippen LogP contribution is -2.56. The van der Waals surface area contributed by atoms with Crippen LogP contribution < -0.4 is 21.7 Å². The van der Waals surface area contributed by atoms with Crippen LogP contribution in [0, 0.1) is 35.6 Å². The number of hydrogen-bond acceptors (Lipinski definition) is 29. The second kappa shape index (κ2) is 46.3. The highest BCUT2D eigenvalue weighted by Gasteiger charge is 2.63. The molecule has 0 saturated carbocycles. The van der Waals surface area contributed by atoms with Gasteiger partial charge in [0.05, 0.1) is 60.8 Å². The van der Waals surface area contributed by atoms with Crippen LogP contribution in [0.1, 0.15) is 200 Å². The molecule has 4 aromatic carbocycles. The molecular formula is C97H99BCl3F16IN16O15. The number of imide groups is 2. The molecule has 0 radical (unpaired) electrons. The Morgan fingerprint density at radius 3 is 1.09 bits per heavy atom. The predicted octanol–water partition coefficient (Wildman–Crippen LogP) is 22.7. The second-order valence-electron chi connectivity index (χ2n) is 38.4. The van der Waals surface area contributed by atoms with E-state index in [1.54, 1.807) is 64.1 Å². The van der Waals surface area contributed by atoms with Crippen LogP contribution in [0.2, 0.25) is 15.5 Å². The molecule has 4 N–H and O–H groups in total. The highest BCUT2D eigenvalue weighted by Crippen LogP contribution is 2.51. The van der Waals surface area contributed by atoms with E-state index >= 15 is 26.3 Å². The number of halogens is 20. The van der Waals surface area contributed by atoms with E-state index in [2.05, 4.69) is 75.2 Å². The van der Waals surface area contributed by atoms with Gasteiger partial charge in [-0.25, -0.2) is 114 Å². The van der Waals surface area contributed by atoms with E-state index < -0.39 is 230 Å². The minimum Gasteiger partial charge on any atom is -0.463 e. The van der Waals surface area contributed by atoms with Crippen molar-refractivity contribution in [2.75, 3.05) is 33.0 Å². The fourth-order valence-corrected chi connectivity index (χ4v) is 13.8. The maximum atomic E-state index is 15.4. The highest BCUT2D eigenvalue weighted by molar-refractivity contribution is 14.1. The molecule has 9 heterocycles. The summed E-state index contributed by atoms with van der Waals surface area (Å²) in [6, 6.07) is 11.1. The SMILES string of the molecule is C#CCOc1cnc(/C(F)=C/c2ccc(F)c([C@@]3(C)N=C(N)OCC3(F)F)c2)cn1.CC(C)(C)OC(=O)N(C(=O)OC(C)(C)C)C1=N[C@](C)(c2cc(/C=C(\F)c3cnc(Cl)cn3)ccc2F)C(F)(F)CO1.CC(C)(C)OC(=O)N(C(=O)OC(C)(C)C)C1=N[C@](C)(c2cc(B3OC(C)(C)C(C)(C)O3)ccc2F)C(F)(F)OC1.C[C@]1(c2cc(/C=C(\F)c3cnc(Cl)cn3)ccc2F)N=C(N)OCC1(F)F.F/C(=C\I)c1cnc(Cl)cn1. The minimum atomic E-state index is -4.04. The number of amidine groups is 4. The van der Waals surface area contributed by atoms with Gasteiger partial charge >= 0.3 is 61.4 Å². The zero-order chi connectivity index (χ0) is 112. The summed E-state index contributed by atoms with van der Waals surface area (Å²) in [5.41, 5.74) is -6.94. The Balaban J connectivity index is 0.000000215. The van der Waals surface area contributed by atoms with Crippen LogP contribution in [0.3, 0.4) is 0 Å². The van der Waals surface area contributed by atoms with Gasteiger partial charge in [-0.1, -0.05) is 71.1 Å². The van der Waals surface area contributed by atoms with Crippen LogP contribution in [0.15, 0.2) is 146 Å². The highest BCUT2D eigenvalue weighted by atomic mass is 127. The number of amides is 4. The molecular weight excluding hydrogens is 2180 g/mol. The third kappa shape index (κ3) is 29.7.